The van der Waals surface area contributed by atoms with Crippen molar-refractivity contribution in [2.24, 2.45) is 11.8 Å². The van der Waals surface area contributed by atoms with Gasteiger partial charge in [-0.25, -0.2) is 8.42 Å². The molecule has 0 spiro atoms. The summed E-state index contributed by atoms with van der Waals surface area (Å²) in [5.74, 6) is 1.33. The summed E-state index contributed by atoms with van der Waals surface area (Å²) >= 11 is 0. The summed E-state index contributed by atoms with van der Waals surface area (Å²) in [7, 11) is -3.23. The zero-order valence-electron chi connectivity index (χ0n) is 14.2. The summed E-state index contributed by atoms with van der Waals surface area (Å²) in [6.45, 7) is 6.09. The minimum Gasteiger partial charge on any atom is -0.353 e. The van der Waals surface area contributed by atoms with E-state index in [2.05, 4.69) is 19.2 Å². The number of carbonyl (C=O) groups excluding carboxylic acids is 1. The van der Waals surface area contributed by atoms with E-state index in [0.29, 0.717) is 16.7 Å². The lowest BCUT2D eigenvalue weighted by molar-refractivity contribution is -0.121. The van der Waals surface area contributed by atoms with E-state index < -0.39 is 9.84 Å². The Kier molecular flexibility index (Phi) is 5.84. The van der Waals surface area contributed by atoms with Crippen molar-refractivity contribution in [1.29, 1.82) is 0 Å². The monoisotopic (exact) mass is 337 g/mol. The summed E-state index contributed by atoms with van der Waals surface area (Å²) in [4.78, 5) is 12.6. The zero-order chi connectivity index (χ0) is 17.0. The molecule has 1 aliphatic carbocycles. The van der Waals surface area contributed by atoms with E-state index in [4.69, 9.17) is 0 Å². The normalized spacial score (nSPS) is 25.1. The molecule has 1 aromatic carbocycles. The zero-order valence-corrected chi connectivity index (χ0v) is 15.0. The summed E-state index contributed by atoms with van der Waals surface area (Å²) in [6.07, 6.45) is 3.51. The van der Waals surface area contributed by atoms with Crippen molar-refractivity contribution < 1.29 is 13.2 Å². The quantitative estimate of drug-likeness (QED) is 0.898. The number of benzene rings is 1. The Bertz CT molecular complexity index is 644. The molecular weight excluding hydrogens is 310 g/mol. The van der Waals surface area contributed by atoms with Gasteiger partial charge in [-0.05, 0) is 48.8 Å². The molecule has 4 nitrogen and oxygen atoms in total. The highest BCUT2D eigenvalue weighted by molar-refractivity contribution is 7.91. The van der Waals surface area contributed by atoms with Crippen molar-refractivity contribution in [2.75, 3.05) is 5.75 Å². The van der Waals surface area contributed by atoms with Gasteiger partial charge < -0.3 is 5.32 Å². The lowest BCUT2D eigenvalue weighted by atomic mass is 9.80. The lowest BCUT2D eigenvalue weighted by Crippen LogP contribution is -2.40. The van der Waals surface area contributed by atoms with Gasteiger partial charge in [0.25, 0.3) is 0 Å². The molecule has 1 N–H and O–H groups in total. The molecule has 128 valence electrons. The van der Waals surface area contributed by atoms with E-state index in [1.54, 1.807) is 31.2 Å². The molecule has 1 amide bonds. The molecule has 1 saturated carbocycles. The molecule has 0 bridgehead atoms. The van der Waals surface area contributed by atoms with E-state index in [-0.39, 0.29) is 24.1 Å². The van der Waals surface area contributed by atoms with Crippen LogP contribution in [0.1, 0.15) is 45.6 Å². The van der Waals surface area contributed by atoms with E-state index in [1.807, 2.05) is 0 Å². The second-order valence-corrected chi connectivity index (χ2v) is 9.19. The van der Waals surface area contributed by atoms with Gasteiger partial charge in [-0.2, -0.15) is 0 Å². The average Bonchev–Trinajstić information content (AvgIpc) is 2.46. The van der Waals surface area contributed by atoms with Gasteiger partial charge >= 0.3 is 0 Å². The fraction of sp³-hybridized carbons (Fsp3) is 0.611. The Labute approximate surface area is 139 Å². The molecule has 0 heterocycles. The Balaban J connectivity index is 1.99. The van der Waals surface area contributed by atoms with Crippen molar-refractivity contribution in [1.82, 2.24) is 5.32 Å². The Hall–Kier alpha value is -1.36. The van der Waals surface area contributed by atoms with Crippen LogP contribution in [-0.2, 0) is 21.1 Å². The van der Waals surface area contributed by atoms with Crippen LogP contribution in [0.2, 0.25) is 0 Å². The fourth-order valence-electron chi connectivity index (χ4n) is 3.54. The maximum absolute atomic E-state index is 12.3. The van der Waals surface area contributed by atoms with Crippen LogP contribution < -0.4 is 5.32 Å². The van der Waals surface area contributed by atoms with Crippen LogP contribution in [0.4, 0.5) is 0 Å². The number of rotatable bonds is 5. The first-order chi connectivity index (χ1) is 10.8. The lowest BCUT2D eigenvalue weighted by Gasteiger charge is -2.32. The summed E-state index contributed by atoms with van der Waals surface area (Å²) in [6, 6.07) is 6.95. The van der Waals surface area contributed by atoms with Crippen LogP contribution >= 0.6 is 0 Å². The third kappa shape index (κ3) is 5.06. The van der Waals surface area contributed by atoms with Crippen molar-refractivity contribution in [3.05, 3.63) is 29.8 Å². The third-order valence-corrected chi connectivity index (χ3v) is 6.28. The second-order valence-electron chi connectivity index (χ2n) is 6.91. The number of hydrogen-bond acceptors (Lipinski definition) is 3. The molecule has 2 rings (SSSR count). The van der Waals surface area contributed by atoms with Crippen LogP contribution in [0.3, 0.4) is 0 Å². The van der Waals surface area contributed by atoms with E-state index >= 15 is 0 Å². The standard InChI is InChI=1S/C18H27NO3S/c1-4-23(21,22)17-7-5-6-15(11-17)12-18(20)19-16-9-13(2)8-14(3)10-16/h5-7,11,13-14,16H,4,8-10,12H2,1-3H3,(H,19,20)/t13-,14+,16?. The van der Waals surface area contributed by atoms with Gasteiger partial charge in [0.1, 0.15) is 0 Å². The molecule has 0 aliphatic heterocycles. The molecule has 1 fully saturated rings. The third-order valence-electron chi connectivity index (χ3n) is 4.55. The van der Waals surface area contributed by atoms with E-state index in [9.17, 15) is 13.2 Å². The summed E-state index contributed by atoms with van der Waals surface area (Å²) < 4.78 is 23.9. The van der Waals surface area contributed by atoms with Gasteiger partial charge in [0.15, 0.2) is 9.84 Å². The van der Waals surface area contributed by atoms with E-state index in [1.165, 1.54) is 6.42 Å². The molecule has 23 heavy (non-hydrogen) atoms. The molecule has 1 aliphatic rings. The first-order valence-corrected chi connectivity index (χ1v) is 10.1. The van der Waals surface area contributed by atoms with Crippen LogP contribution in [-0.4, -0.2) is 26.1 Å². The topological polar surface area (TPSA) is 63.2 Å². The van der Waals surface area contributed by atoms with Crippen LogP contribution in [0.5, 0.6) is 0 Å². The predicted octanol–water partition coefficient (Wildman–Crippen LogP) is 2.96. The molecule has 5 heteroatoms. The largest absolute Gasteiger partial charge is 0.353 e. The highest BCUT2D eigenvalue weighted by Gasteiger charge is 2.25. The molecule has 0 saturated heterocycles. The van der Waals surface area contributed by atoms with Crippen LogP contribution in [0.25, 0.3) is 0 Å². The van der Waals surface area contributed by atoms with Crippen molar-refractivity contribution in [2.45, 2.75) is 57.4 Å². The van der Waals surface area contributed by atoms with Gasteiger partial charge in [-0.1, -0.05) is 32.9 Å². The minimum atomic E-state index is -3.23. The minimum absolute atomic E-state index is 0.0256. The van der Waals surface area contributed by atoms with Crippen LogP contribution in [0, 0.1) is 11.8 Å². The molecule has 0 aromatic heterocycles. The predicted molar refractivity (Wildman–Crippen MR) is 92.0 cm³/mol. The number of hydrogen-bond donors (Lipinski definition) is 1. The molecule has 0 radical (unpaired) electrons. The number of nitrogens with one attached hydrogen (secondary N) is 1. The summed E-state index contributed by atoms with van der Waals surface area (Å²) in [5, 5.41) is 3.11. The molecule has 1 unspecified atom stereocenters. The average molecular weight is 337 g/mol. The van der Waals surface area contributed by atoms with Crippen LogP contribution in [0.15, 0.2) is 29.2 Å². The van der Waals surface area contributed by atoms with Crippen molar-refractivity contribution in [3.63, 3.8) is 0 Å². The first kappa shape index (κ1) is 18.0. The van der Waals surface area contributed by atoms with Crippen molar-refractivity contribution >= 4 is 15.7 Å². The highest BCUT2D eigenvalue weighted by atomic mass is 32.2. The molecular formula is C18H27NO3S. The number of amides is 1. The van der Waals surface area contributed by atoms with Crippen molar-refractivity contribution in [3.8, 4) is 0 Å². The Morgan fingerprint density at radius 3 is 2.43 bits per heavy atom. The van der Waals surface area contributed by atoms with Gasteiger partial charge in [0, 0.05) is 6.04 Å². The number of sulfone groups is 1. The van der Waals surface area contributed by atoms with E-state index in [0.717, 1.165) is 18.4 Å². The fourth-order valence-corrected chi connectivity index (χ4v) is 4.49. The van der Waals surface area contributed by atoms with Gasteiger partial charge in [-0.15, -0.1) is 0 Å². The molecule has 3 atom stereocenters. The summed E-state index contributed by atoms with van der Waals surface area (Å²) in [5.41, 5.74) is 0.744. The molecule has 1 aromatic rings. The smallest absolute Gasteiger partial charge is 0.224 e. The van der Waals surface area contributed by atoms with Gasteiger partial charge in [-0.3, -0.25) is 4.79 Å². The Morgan fingerprint density at radius 2 is 1.83 bits per heavy atom. The Morgan fingerprint density at radius 1 is 1.17 bits per heavy atom. The SMILES string of the molecule is CCS(=O)(=O)c1cccc(CC(=O)NC2C[C@@H](C)C[C@@H](C)C2)c1. The number of carbonyl (C=O) groups is 1. The maximum atomic E-state index is 12.3. The maximum Gasteiger partial charge on any atom is 0.224 e. The van der Waals surface area contributed by atoms with Gasteiger partial charge in [0.2, 0.25) is 5.91 Å². The van der Waals surface area contributed by atoms with Gasteiger partial charge in [0.05, 0.1) is 17.1 Å². The second kappa shape index (κ2) is 7.47. The first-order valence-electron chi connectivity index (χ1n) is 8.41. The highest BCUT2D eigenvalue weighted by Crippen LogP contribution is 2.28.